The number of anilines is 2. The lowest BCUT2D eigenvalue weighted by molar-refractivity contribution is 0.749. The molecule has 0 bridgehead atoms. The molecule has 1 aromatic carbocycles. The Hall–Kier alpha value is -2.10. The minimum absolute atomic E-state index is 0.223. The van der Waals surface area contributed by atoms with Crippen molar-refractivity contribution < 1.29 is 0 Å². The van der Waals surface area contributed by atoms with E-state index in [2.05, 4.69) is 51.8 Å². The van der Waals surface area contributed by atoms with Crippen molar-refractivity contribution in [3.63, 3.8) is 0 Å². The number of nitrogens with zero attached hydrogens (tertiary/aromatic N) is 2. The van der Waals surface area contributed by atoms with Crippen LogP contribution in [0.2, 0.25) is 0 Å². The lowest BCUT2D eigenvalue weighted by atomic mass is 10.1. The lowest BCUT2D eigenvalue weighted by Crippen LogP contribution is -2.16. The summed E-state index contributed by atoms with van der Waals surface area (Å²) >= 11 is 0. The third kappa shape index (κ3) is 3.72. The van der Waals surface area contributed by atoms with Crippen molar-refractivity contribution in [1.82, 2.24) is 9.97 Å². The van der Waals surface area contributed by atoms with Crippen molar-refractivity contribution in [2.24, 2.45) is 0 Å². The number of rotatable bonds is 5. The molecular formula is C17H22N4. The van der Waals surface area contributed by atoms with Crippen molar-refractivity contribution >= 4 is 11.6 Å². The molecule has 1 aliphatic rings. The summed E-state index contributed by atoms with van der Waals surface area (Å²) in [6, 6.07) is 13.2. The molecule has 1 unspecified atom stereocenters. The van der Waals surface area contributed by atoms with E-state index in [-0.39, 0.29) is 6.04 Å². The van der Waals surface area contributed by atoms with Crippen molar-refractivity contribution in [3.05, 3.63) is 48.3 Å². The molecule has 1 aliphatic carbocycles. The highest BCUT2D eigenvalue weighted by molar-refractivity contribution is 5.48. The van der Waals surface area contributed by atoms with Crippen molar-refractivity contribution in [1.29, 1.82) is 0 Å². The second-order valence-corrected chi connectivity index (χ2v) is 5.69. The summed E-state index contributed by atoms with van der Waals surface area (Å²) in [6.07, 6.45) is 6.75. The second-order valence-electron chi connectivity index (χ2n) is 5.69. The molecule has 1 saturated carbocycles. The zero-order chi connectivity index (χ0) is 14.5. The van der Waals surface area contributed by atoms with E-state index in [1.807, 2.05) is 12.1 Å². The Morgan fingerprint density at radius 3 is 2.52 bits per heavy atom. The summed E-state index contributed by atoms with van der Waals surface area (Å²) < 4.78 is 0. The predicted molar refractivity (Wildman–Crippen MR) is 86.4 cm³/mol. The van der Waals surface area contributed by atoms with E-state index in [1.54, 1.807) is 6.33 Å². The monoisotopic (exact) mass is 282 g/mol. The van der Waals surface area contributed by atoms with Crippen LogP contribution in [0.1, 0.15) is 44.2 Å². The third-order valence-electron chi connectivity index (χ3n) is 4.04. The molecule has 1 aromatic heterocycles. The second kappa shape index (κ2) is 6.57. The Bertz CT molecular complexity index is 564. The Kier molecular flexibility index (Phi) is 4.34. The average molecular weight is 282 g/mol. The first-order valence-corrected chi connectivity index (χ1v) is 7.71. The van der Waals surface area contributed by atoms with Crippen LogP contribution in [0.3, 0.4) is 0 Å². The molecule has 0 saturated heterocycles. The smallest absolute Gasteiger partial charge is 0.131 e. The van der Waals surface area contributed by atoms with Crippen LogP contribution < -0.4 is 10.6 Å². The maximum absolute atomic E-state index is 4.32. The molecule has 0 radical (unpaired) electrons. The van der Waals surface area contributed by atoms with Crippen molar-refractivity contribution in [2.75, 3.05) is 10.6 Å². The SMILES string of the molecule is CC(Nc1cc(NC2CCCC2)ncn1)c1ccccc1. The van der Waals surface area contributed by atoms with Gasteiger partial charge in [-0.15, -0.1) is 0 Å². The lowest BCUT2D eigenvalue weighted by Gasteiger charge is -2.16. The van der Waals surface area contributed by atoms with Crippen LogP contribution in [-0.4, -0.2) is 16.0 Å². The Balaban J connectivity index is 1.65. The van der Waals surface area contributed by atoms with Gasteiger partial charge in [-0.2, -0.15) is 0 Å². The summed E-state index contributed by atoms with van der Waals surface area (Å²) in [6.45, 7) is 2.14. The van der Waals surface area contributed by atoms with E-state index in [9.17, 15) is 0 Å². The van der Waals surface area contributed by atoms with Crippen molar-refractivity contribution in [2.45, 2.75) is 44.7 Å². The van der Waals surface area contributed by atoms with E-state index in [1.165, 1.54) is 31.2 Å². The highest BCUT2D eigenvalue weighted by atomic mass is 15.1. The van der Waals surface area contributed by atoms with Crippen LogP contribution in [-0.2, 0) is 0 Å². The Morgan fingerprint density at radius 2 is 1.76 bits per heavy atom. The van der Waals surface area contributed by atoms with Crippen molar-refractivity contribution in [3.8, 4) is 0 Å². The highest BCUT2D eigenvalue weighted by Gasteiger charge is 2.15. The van der Waals surface area contributed by atoms with E-state index in [4.69, 9.17) is 0 Å². The zero-order valence-electron chi connectivity index (χ0n) is 12.4. The molecule has 3 rings (SSSR count). The van der Waals surface area contributed by atoms with Gasteiger partial charge in [0, 0.05) is 18.2 Å². The van der Waals surface area contributed by atoms with Gasteiger partial charge in [0.1, 0.15) is 18.0 Å². The fourth-order valence-electron chi connectivity index (χ4n) is 2.84. The predicted octanol–water partition coefficient (Wildman–Crippen LogP) is 4.00. The molecule has 21 heavy (non-hydrogen) atoms. The van der Waals surface area contributed by atoms with Gasteiger partial charge in [-0.25, -0.2) is 9.97 Å². The number of hydrogen-bond acceptors (Lipinski definition) is 4. The van der Waals surface area contributed by atoms with Gasteiger partial charge in [0.2, 0.25) is 0 Å². The first-order valence-electron chi connectivity index (χ1n) is 7.71. The van der Waals surface area contributed by atoms with Crippen LogP contribution in [0.25, 0.3) is 0 Å². The first-order chi connectivity index (χ1) is 10.3. The highest BCUT2D eigenvalue weighted by Crippen LogP contribution is 2.23. The molecule has 4 heteroatoms. The normalized spacial score (nSPS) is 16.6. The molecule has 1 fully saturated rings. The summed E-state index contributed by atoms with van der Waals surface area (Å²) in [5.74, 6) is 1.78. The van der Waals surface area contributed by atoms with Gasteiger partial charge in [-0.3, -0.25) is 0 Å². The molecule has 110 valence electrons. The first kappa shape index (κ1) is 13.9. The topological polar surface area (TPSA) is 49.8 Å². The van der Waals surface area contributed by atoms with Gasteiger partial charge in [0.15, 0.2) is 0 Å². The quantitative estimate of drug-likeness (QED) is 0.870. The fraction of sp³-hybridized carbons (Fsp3) is 0.412. The molecule has 0 aliphatic heterocycles. The molecule has 4 nitrogen and oxygen atoms in total. The zero-order valence-corrected chi connectivity index (χ0v) is 12.4. The standard InChI is InChI=1S/C17H22N4/c1-13(14-7-3-2-4-8-14)20-16-11-17(19-12-18-16)21-15-9-5-6-10-15/h2-4,7-8,11-13,15H,5-6,9-10H2,1H3,(H2,18,19,20,21). The fourth-order valence-corrected chi connectivity index (χ4v) is 2.84. The minimum Gasteiger partial charge on any atom is -0.367 e. The number of hydrogen-bond donors (Lipinski definition) is 2. The van der Waals surface area contributed by atoms with Gasteiger partial charge in [0.25, 0.3) is 0 Å². The molecule has 0 amide bonds. The summed E-state index contributed by atoms with van der Waals surface area (Å²) in [5, 5.41) is 6.94. The largest absolute Gasteiger partial charge is 0.367 e. The van der Waals surface area contributed by atoms with Crippen LogP contribution in [0.15, 0.2) is 42.7 Å². The average Bonchev–Trinajstić information content (AvgIpc) is 3.01. The van der Waals surface area contributed by atoms with Crippen LogP contribution in [0.5, 0.6) is 0 Å². The van der Waals surface area contributed by atoms with Gasteiger partial charge in [0.05, 0.1) is 0 Å². The number of nitrogens with one attached hydrogen (secondary N) is 2. The molecule has 1 atom stereocenters. The summed E-state index contributed by atoms with van der Waals surface area (Å²) in [7, 11) is 0. The van der Waals surface area contributed by atoms with Crippen LogP contribution in [0.4, 0.5) is 11.6 Å². The van der Waals surface area contributed by atoms with Gasteiger partial charge >= 0.3 is 0 Å². The summed E-state index contributed by atoms with van der Waals surface area (Å²) in [4.78, 5) is 8.64. The maximum Gasteiger partial charge on any atom is 0.131 e. The molecule has 1 heterocycles. The van der Waals surface area contributed by atoms with E-state index in [0.29, 0.717) is 6.04 Å². The van der Waals surface area contributed by atoms with Crippen LogP contribution >= 0.6 is 0 Å². The summed E-state index contributed by atoms with van der Waals surface area (Å²) in [5.41, 5.74) is 1.25. The Labute approximate surface area is 126 Å². The Morgan fingerprint density at radius 1 is 1.05 bits per heavy atom. The van der Waals surface area contributed by atoms with Crippen LogP contribution in [0, 0.1) is 0 Å². The molecule has 0 spiro atoms. The van der Waals surface area contributed by atoms with Gasteiger partial charge in [-0.1, -0.05) is 43.2 Å². The van der Waals surface area contributed by atoms with Gasteiger partial charge in [-0.05, 0) is 25.3 Å². The van der Waals surface area contributed by atoms with E-state index >= 15 is 0 Å². The van der Waals surface area contributed by atoms with E-state index in [0.717, 1.165) is 11.6 Å². The van der Waals surface area contributed by atoms with E-state index < -0.39 is 0 Å². The molecule has 2 aromatic rings. The maximum atomic E-state index is 4.32. The third-order valence-corrected chi connectivity index (χ3v) is 4.04. The van der Waals surface area contributed by atoms with Gasteiger partial charge < -0.3 is 10.6 Å². The molecule has 2 N–H and O–H groups in total. The molecular weight excluding hydrogens is 260 g/mol. The number of benzene rings is 1. The number of aromatic nitrogens is 2. The minimum atomic E-state index is 0.223.